The molecule has 0 spiro atoms. The fraction of sp³-hybridized carbons (Fsp3) is 0.273. The molecule has 8 nitrogen and oxygen atoms in total. The van der Waals surface area contributed by atoms with Gasteiger partial charge >= 0.3 is 0 Å². The van der Waals surface area contributed by atoms with Gasteiger partial charge in [0.05, 0.1) is 6.61 Å². The van der Waals surface area contributed by atoms with E-state index in [0.29, 0.717) is 23.3 Å². The van der Waals surface area contributed by atoms with Crippen molar-refractivity contribution in [2.45, 2.75) is 24.3 Å². The second kappa shape index (κ2) is 10.5. The van der Waals surface area contributed by atoms with Crippen molar-refractivity contribution in [3.05, 3.63) is 70.0 Å². The van der Waals surface area contributed by atoms with Crippen molar-refractivity contribution in [3.8, 4) is 29.5 Å². The molecule has 1 aromatic heterocycles. The number of ether oxygens (including phenoxy) is 2. The van der Waals surface area contributed by atoms with E-state index in [0.717, 1.165) is 17.0 Å². The Morgan fingerprint density at radius 1 is 1.13 bits per heavy atom. The Balaban J connectivity index is 1.87. The molecule has 31 heavy (non-hydrogen) atoms. The molecule has 0 fully saturated rings. The molecule has 1 heterocycles. The molecule has 160 valence electrons. The van der Waals surface area contributed by atoms with Gasteiger partial charge < -0.3 is 9.47 Å². The first-order valence-corrected chi connectivity index (χ1v) is 10.5. The summed E-state index contributed by atoms with van der Waals surface area (Å²) < 4.78 is 12.8. The van der Waals surface area contributed by atoms with Crippen molar-refractivity contribution in [2.24, 2.45) is 0 Å². The number of aromatic nitrogens is 3. The highest BCUT2D eigenvalue weighted by Gasteiger charge is 2.24. The van der Waals surface area contributed by atoms with E-state index >= 15 is 0 Å². The van der Waals surface area contributed by atoms with Crippen LogP contribution in [0.2, 0.25) is 0 Å². The molecule has 1 atom stereocenters. The third-order valence-electron chi connectivity index (χ3n) is 4.34. The molecule has 0 saturated carbocycles. The van der Waals surface area contributed by atoms with Crippen molar-refractivity contribution in [3.63, 3.8) is 0 Å². The number of hydrogen-bond donors (Lipinski definition) is 0. The van der Waals surface area contributed by atoms with Crippen molar-refractivity contribution in [2.75, 3.05) is 19.8 Å². The first-order chi connectivity index (χ1) is 15.0. The van der Waals surface area contributed by atoms with Crippen LogP contribution in [0.3, 0.4) is 0 Å². The van der Waals surface area contributed by atoms with Crippen LogP contribution in [0.1, 0.15) is 23.6 Å². The zero-order chi connectivity index (χ0) is 22.2. The van der Waals surface area contributed by atoms with Crippen LogP contribution < -0.4 is 9.47 Å². The molecule has 0 unspecified atom stereocenters. The van der Waals surface area contributed by atoms with E-state index < -0.39 is 5.25 Å². The summed E-state index contributed by atoms with van der Waals surface area (Å²) in [6.45, 7) is 4.26. The molecule has 9 heteroatoms. The lowest BCUT2D eigenvalue weighted by molar-refractivity contribution is -0.479. The molecule has 2 aromatic carbocycles. The van der Waals surface area contributed by atoms with E-state index in [2.05, 4.69) is 16.1 Å². The van der Waals surface area contributed by atoms with E-state index in [1.807, 2.05) is 42.7 Å². The summed E-state index contributed by atoms with van der Waals surface area (Å²) in [5.41, 5.74) is 1.64. The normalized spacial score (nSPS) is 11.5. The lowest BCUT2D eigenvalue weighted by Gasteiger charge is -2.15. The third kappa shape index (κ3) is 5.77. The molecule has 0 radical (unpaired) electrons. The highest BCUT2D eigenvalue weighted by Crippen LogP contribution is 2.36. The monoisotopic (exact) mass is 438 g/mol. The van der Waals surface area contributed by atoms with Crippen LogP contribution >= 0.6 is 11.8 Å². The molecule has 3 rings (SSSR count). The van der Waals surface area contributed by atoms with Gasteiger partial charge in [-0.2, -0.15) is 0 Å². The fourth-order valence-electron chi connectivity index (χ4n) is 2.95. The maximum absolute atomic E-state index is 11.3. The number of benzene rings is 2. The van der Waals surface area contributed by atoms with Crippen LogP contribution in [0.4, 0.5) is 0 Å². The molecule has 0 bridgehead atoms. The van der Waals surface area contributed by atoms with Crippen LogP contribution in [0.15, 0.2) is 53.7 Å². The molecule has 0 aliphatic rings. The molecule has 0 N–H and O–H groups in total. The average Bonchev–Trinajstić information content (AvgIpc) is 3.12. The number of aryl methyl sites for hydroxylation is 1. The van der Waals surface area contributed by atoms with Gasteiger partial charge in [0.1, 0.15) is 29.2 Å². The Hall–Kier alpha value is -3.51. The van der Waals surface area contributed by atoms with E-state index in [-0.39, 0.29) is 18.1 Å². The topological polar surface area (TPSA) is 92.3 Å². The summed E-state index contributed by atoms with van der Waals surface area (Å²) in [5.74, 6) is 4.47. The van der Waals surface area contributed by atoms with Crippen molar-refractivity contribution in [1.29, 1.82) is 0 Å². The number of terminal acetylenes is 1. The summed E-state index contributed by atoms with van der Waals surface area (Å²) >= 11 is 1.29. The number of nitrogens with zero attached hydrogens (tertiary/aromatic N) is 4. The molecule has 0 amide bonds. The molecule has 0 saturated heterocycles. The molecule has 0 aliphatic carbocycles. The second-order valence-corrected chi connectivity index (χ2v) is 7.65. The quantitative estimate of drug-likeness (QED) is 0.204. The Morgan fingerprint density at radius 3 is 2.39 bits per heavy atom. The summed E-state index contributed by atoms with van der Waals surface area (Å²) in [6.07, 6.45) is 5.21. The largest absolute Gasteiger partial charge is 0.494 e. The van der Waals surface area contributed by atoms with Gasteiger partial charge in [0.15, 0.2) is 5.16 Å². The van der Waals surface area contributed by atoms with Gasteiger partial charge in [-0.1, -0.05) is 29.8 Å². The lowest BCUT2D eigenvalue weighted by Crippen LogP contribution is -2.11. The lowest BCUT2D eigenvalue weighted by atomic mass is 10.1. The van der Waals surface area contributed by atoms with Gasteiger partial charge in [0.2, 0.25) is 6.54 Å². The van der Waals surface area contributed by atoms with Crippen molar-refractivity contribution < 1.29 is 14.4 Å². The van der Waals surface area contributed by atoms with Crippen molar-refractivity contribution >= 4 is 11.8 Å². The second-order valence-electron chi connectivity index (χ2n) is 6.48. The Morgan fingerprint density at radius 2 is 1.77 bits per heavy atom. The maximum Gasteiger partial charge on any atom is 0.220 e. The van der Waals surface area contributed by atoms with Gasteiger partial charge in [-0.3, -0.25) is 14.7 Å². The van der Waals surface area contributed by atoms with Gasteiger partial charge in [0.25, 0.3) is 0 Å². The number of hydrogen-bond acceptors (Lipinski definition) is 7. The predicted molar refractivity (Wildman–Crippen MR) is 118 cm³/mol. The summed E-state index contributed by atoms with van der Waals surface area (Å²) in [4.78, 5) is 11.0. The van der Waals surface area contributed by atoms with E-state index in [4.69, 9.17) is 15.9 Å². The predicted octanol–water partition coefficient (Wildman–Crippen LogP) is 4.10. The first kappa shape index (κ1) is 22.2. The maximum atomic E-state index is 11.3. The molecule has 0 aliphatic heterocycles. The third-order valence-corrected chi connectivity index (χ3v) is 5.52. The minimum absolute atomic E-state index is 0.164. The van der Waals surface area contributed by atoms with Gasteiger partial charge in [-0.25, -0.2) is 0 Å². The van der Waals surface area contributed by atoms with Crippen LogP contribution in [0.25, 0.3) is 5.69 Å². The van der Waals surface area contributed by atoms with Crippen LogP contribution in [0.5, 0.6) is 11.5 Å². The van der Waals surface area contributed by atoms with Crippen LogP contribution in [0, 0.1) is 29.4 Å². The minimum Gasteiger partial charge on any atom is -0.494 e. The first-order valence-electron chi connectivity index (χ1n) is 9.61. The highest BCUT2D eigenvalue weighted by atomic mass is 32.2. The standard InChI is InChI=1S/C22H22N4O4S/c1-4-14-30-20-10-6-17(7-11-20)21(15-25(27)28)31-22-24-23-16(3)26(22)18-8-12-19(13-9-18)29-5-2/h1,6-13,21H,5,14-15H2,2-3H3/t21-/m0/s1. The van der Waals surface area contributed by atoms with E-state index in [1.165, 1.54) is 11.8 Å². The Bertz CT molecular complexity index is 1060. The zero-order valence-corrected chi connectivity index (χ0v) is 18.0. The fourth-order valence-corrected chi connectivity index (χ4v) is 4.13. The van der Waals surface area contributed by atoms with Crippen molar-refractivity contribution in [1.82, 2.24) is 14.8 Å². The Labute approximate surface area is 184 Å². The highest BCUT2D eigenvalue weighted by molar-refractivity contribution is 7.99. The number of nitro groups is 1. The summed E-state index contributed by atoms with van der Waals surface area (Å²) in [7, 11) is 0. The van der Waals surface area contributed by atoms with Crippen LogP contribution in [-0.2, 0) is 0 Å². The average molecular weight is 439 g/mol. The number of rotatable bonds is 10. The summed E-state index contributed by atoms with van der Waals surface area (Å²) in [5, 5.41) is 19.9. The zero-order valence-electron chi connectivity index (χ0n) is 17.2. The SMILES string of the molecule is C#CCOc1ccc([C@H](C[N+](=O)[O-])Sc2nnc(C)n2-c2ccc(OCC)cc2)cc1. The summed E-state index contributed by atoms with van der Waals surface area (Å²) in [6, 6.07) is 14.7. The Kier molecular flexibility index (Phi) is 7.51. The van der Waals surface area contributed by atoms with Gasteiger partial charge in [0, 0.05) is 10.6 Å². The van der Waals surface area contributed by atoms with E-state index in [1.54, 1.807) is 24.3 Å². The van der Waals surface area contributed by atoms with Crippen LogP contribution in [-0.4, -0.2) is 39.4 Å². The van der Waals surface area contributed by atoms with E-state index in [9.17, 15) is 10.1 Å². The minimum atomic E-state index is -0.457. The van der Waals surface area contributed by atoms with Gasteiger partial charge in [-0.05, 0) is 55.8 Å². The molecular formula is C22H22N4O4S. The number of thioether (sulfide) groups is 1. The smallest absolute Gasteiger partial charge is 0.220 e. The molecular weight excluding hydrogens is 416 g/mol. The molecule has 3 aromatic rings. The van der Waals surface area contributed by atoms with Gasteiger partial charge in [-0.15, -0.1) is 16.6 Å².